The zero-order chi connectivity index (χ0) is 13.2. The zero-order valence-corrected chi connectivity index (χ0v) is 10.9. The Kier molecular flexibility index (Phi) is 3.89. The van der Waals surface area contributed by atoms with Gasteiger partial charge in [0.1, 0.15) is 0 Å². The van der Waals surface area contributed by atoms with Gasteiger partial charge in [-0.2, -0.15) is 0 Å². The van der Waals surface area contributed by atoms with Crippen LogP contribution in [0.5, 0.6) is 0 Å². The molecule has 1 aromatic rings. The van der Waals surface area contributed by atoms with Crippen LogP contribution in [-0.2, 0) is 10.0 Å². The number of hydrogen-bond donors (Lipinski definition) is 3. The Hall–Kier alpha value is -1.11. The lowest BCUT2D eigenvalue weighted by Crippen LogP contribution is -2.31. The molecule has 1 aliphatic rings. The lowest BCUT2D eigenvalue weighted by atomic mass is 10.1. The summed E-state index contributed by atoms with van der Waals surface area (Å²) in [5.41, 5.74) is 6.80. The van der Waals surface area contributed by atoms with Crippen molar-refractivity contribution < 1.29 is 13.5 Å². The second-order valence-corrected chi connectivity index (χ2v) is 6.61. The average Bonchev–Trinajstić information content (AvgIpc) is 3.10. The minimum absolute atomic E-state index is 0.00102. The van der Waals surface area contributed by atoms with Gasteiger partial charge in [0, 0.05) is 12.2 Å². The van der Waals surface area contributed by atoms with Crippen molar-refractivity contribution in [1.82, 2.24) is 4.72 Å². The molecule has 0 aliphatic heterocycles. The average molecular weight is 270 g/mol. The molecule has 1 atom stereocenters. The molecule has 0 aromatic heterocycles. The van der Waals surface area contributed by atoms with Crippen molar-refractivity contribution in [2.75, 3.05) is 18.0 Å². The van der Waals surface area contributed by atoms with Crippen molar-refractivity contribution in [3.05, 3.63) is 29.8 Å². The van der Waals surface area contributed by atoms with Gasteiger partial charge in [-0.3, -0.25) is 0 Å². The van der Waals surface area contributed by atoms with Crippen LogP contribution < -0.4 is 10.5 Å². The van der Waals surface area contributed by atoms with Gasteiger partial charge in [0.2, 0.25) is 10.0 Å². The fraction of sp³-hybridized carbons (Fsp3) is 0.500. The molecule has 1 saturated carbocycles. The SMILES string of the molecule is Nc1ccc(C(O)CNS(=O)(=O)CC2CC2)cc1. The number of aliphatic hydroxyl groups excluding tert-OH is 1. The van der Waals surface area contributed by atoms with Crippen LogP contribution >= 0.6 is 0 Å². The van der Waals surface area contributed by atoms with E-state index in [1.165, 1.54) is 0 Å². The third-order valence-electron chi connectivity index (χ3n) is 2.97. The first-order chi connectivity index (χ1) is 8.46. The maximum Gasteiger partial charge on any atom is 0.211 e. The van der Waals surface area contributed by atoms with Crippen LogP contribution in [0.1, 0.15) is 24.5 Å². The van der Waals surface area contributed by atoms with Crippen LogP contribution in [0.15, 0.2) is 24.3 Å². The Morgan fingerprint density at radius 1 is 1.33 bits per heavy atom. The third-order valence-corrected chi connectivity index (χ3v) is 4.49. The number of rotatable bonds is 6. The molecular formula is C12H18N2O3S. The van der Waals surface area contributed by atoms with Crippen LogP contribution in [0.2, 0.25) is 0 Å². The van der Waals surface area contributed by atoms with E-state index in [-0.39, 0.29) is 12.3 Å². The predicted octanol–water partition coefficient (Wildman–Crippen LogP) is 0.632. The standard InChI is InChI=1S/C12H18N2O3S/c13-11-5-3-10(4-6-11)12(15)7-14-18(16,17)8-9-1-2-9/h3-6,9,12,14-15H,1-2,7-8,13H2. The molecule has 18 heavy (non-hydrogen) atoms. The quantitative estimate of drug-likeness (QED) is 0.661. The summed E-state index contributed by atoms with van der Waals surface area (Å²) >= 11 is 0. The molecular weight excluding hydrogens is 252 g/mol. The number of hydrogen-bond acceptors (Lipinski definition) is 4. The van der Waals surface area contributed by atoms with Crippen molar-refractivity contribution in [1.29, 1.82) is 0 Å². The van der Waals surface area contributed by atoms with E-state index in [0.29, 0.717) is 17.2 Å². The van der Waals surface area contributed by atoms with Gasteiger partial charge in [-0.1, -0.05) is 12.1 Å². The normalized spacial score (nSPS) is 17.6. The summed E-state index contributed by atoms with van der Waals surface area (Å²) in [6.07, 6.45) is 1.13. The van der Waals surface area contributed by atoms with Crippen molar-refractivity contribution in [2.45, 2.75) is 18.9 Å². The number of aliphatic hydroxyl groups is 1. The molecule has 0 amide bonds. The van der Waals surface area contributed by atoms with E-state index in [2.05, 4.69) is 4.72 Å². The van der Waals surface area contributed by atoms with E-state index in [4.69, 9.17) is 5.73 Å². The molecule has 0 radical (unpaired) electrons. The second-order valence-electron chi connectivity index (χ2n) is 4.76. The van der Waals surface area contributed by atoms with Gasteiger partial charge in [0.05, 0.1) is 11.9 Å². The predicted molar refractivity (Wildman–Crippen MR) is 70.3 cm³/mol. The molecule has 6 heteroatoms. The molecule has 1 aromatic carbocycles. The number of benzene rings is 1. The van der Waals surface area contributed by atoms with E-state index >= 15 is 0 Å². The summed E-state index contributed by atoms with van der Waals surface area (Å²) < 4.78 is 25.7. The van der Waals surface area contributed by atoms with Gasteiger partial charge >= 0.3 is 0 Å². The molecule has 1 unspecified atom stereocenters. The Bertz CT molecular complexity index is 495. The van der Waals surface area contributed by atoms with Crippen LogP contribution in [0.25, 0.3) is 0 Å². The molecule has 0 heterocycles. The third kappa shape index (κ3) is 3.97. The van der Waals surface area contributed by atoms with E-state index in [0.717, 1.165) is 12.8 Å². The van der Waals surface area contributed by atoms with Crippen LogP contribution in [0.3, 0.4) is 0 Å². The number of nitrogens with one attached hydrogen (secondary N) is 1. The van der Waals surface area contributed by atoms with Crippen molar-refractivity contribution in [2.24, 2.45) is 5.92 Å². The highest BCUT2D eigenvalue weighted by Gasteiger charge is 2.28. The van der Waals surface area contributed by atoms with Crippen molar-refractivity contribution in [3.8, 4) is 0 Å². The number of nitrogen functional groups attached to an aromatic ring is 1. The maximum absolute atomic E-state index is 11.6. The fourth-order valence-corrected chi connectivity index (χ4v) is 3.18. The molecule has 1 aliphatic carbocycles. The summed E-state index contributed by atoms with van der Waals surface area (Å²) in [4.78, 5) is 0. The summed E-state index contributed by atoms with van der Waals surface area (Å²) in [5.74, 6) is 0.470. The van der Waals surface area contributed by atoms with Crippen molar-refractivity contribution >= 4 is 15.7 Å². The van der Waals surface area contributed by atoms with Gasteiger partial charge < -0.3 is 10.8 Å². The first-order valence-corrected chi connectivity index (χ1v) is 7.62. The Morgan fingerprint density at radius 2 is 1.94 bits per heavy atom. The van der Waals surface area contributed by atoms with E-state index < -0.39 is 16.1 Å². The second kappa shape index (κ2) is 5.26. The van der Waals surface area contributed by atoms with Gasteiger partial charge in [0.25, 0.3) is 0 Å². The molecule has 0 bridgehead atoms. The fourth-order valence-electron chi connectivity index (χ4n) is 1.70. The summed E-state index contributed by atoms with van der Waals surface area (Å²) in [6, 6.07) is 6.73. The first-order valence-electron chi connectivity index (χ1n) is 5.97. The van der Waals surface area contributed by atoms with E-state index in [1.54, 1.807) is 24.3 Å². The van der Waals surface area contributed by atoms with Gasteiger partial charge in [-0.15, -0.1) is 0 Å². The molecule has 100 valence electrons. The Labute approximate surface area is 107 Å². The number of nitrogens with two attached hydrogens (primary N) is 1. The minimum Gasteiger partial charge on any atom is -0.399 e. The molecule has 5 nitrogen and oxygen atoms in total. The monoisotopic (exact) mass is 270 g/mol. The lowest BCUT2D eigenvalue weighted by Gasteiger charge is -2.12. The van der Waals surface area contributed by atoms with Gasteiger partial charge in [-0.25, -0.2) is 13.1 Å². The Balaban J connectivity index is 1.87. The van der Waals surface area contributed by atoms with Crippen molar-refractivity contribution in [3.63, 3.8) is 0 Å². The minimum atomic E-state index is -3.26. The molecule has 0 spiro atoms. The zero-order valence-electron chi connectivity index (χ0n) is 10.0. The van der Waals surface area contributed by atoms with Crippen LogP contribution in [0, 0.1) is 5.92 Å². The van der Waals surface area contributed by atoms with Crippen LogP contribution in [0.4, 0.5) is 5.69 Å². The molecule has 2 rings (SSSR count). The Morgan fingerprint density at radius 3 is 2.50 bits per heavy atom. The lowest BCUT2D eigenvalue weighted by molar-refractivity contribution is 0.182. The van der Waals surface area contributed by atoms with Gasteiger partial charge in [-0.05, 0) is 36.5 Å². The molecule has 0 saturated heterocycles. The highest BCUT2D eigenvalue weighted by molar-refractivity contribution is 7.89. The maximum atomic E-state index is 11.6. The van der Waals surface area contributed by atoms with E-state index in [1.807, 2.05) is 0 Å². The topological polar surface area (TPSA) is 92.4 Å². The first kappa shape index (κ1) is 13.3. The number of sulfonamides is 1. The van der Waals surface area contributed by atoms with Crippen LogP contribution in [-0.4, -0.2) is 25.8 Å². The number of anilines is 1. The highest BCUT2D eigenvalue weighted by atomic mass is 32.2. The summed E-state index contributed by atoms with van der Waals surface area (Å²) in [5, 5.41) is 9.86. The van der Waals surface area contributed by atoms with E-state index in [9.17, 15) is 13.5 Å². The summed E-state index contributed by atoms with van der Waals surface area (Å²) in [6.45, 7) is -0.00102. The molecule has 1 fully saturated rings. The highest BCUT2D eigenvalue weighted by Crippen LogP contribution is 2.30. The summed E-state index contributed by atoms with van der Waals surface area (Å²) in [7, 11) is -3.26. The molecule has 4 N–H and O–H groups in total. The van der Waals surface area contributed by atoms with Gasteiger partial charge in [0.15, 0.2) is 0 Å². The largest absolute Gasteiger partial charge is 0.399 e. The smallest absolute Gasteiger partial charge is 0.211 e.